The van der Waals surface area contributed by atoms with E-state index in [2.05, 4.69) is 22.9 Å². The third kappa shape index (κ3) is 5.65. The zero-order chi connectivity index (χ0) is 33.3. The number of aromatic carboxylic acids is 1. The molecule has 3 aromatic heterocycles. The summed E-state index contributed by atoms with van der Waals surface area (Å²) in [5, 5.41) is 12.3. The van der Waals surface area contributed by atoms with Crippen molar-refractivity contribution in [2.75, 3.05) is 11.4 Å². The number of rotatable bonds is 8. The maximum absolute atomic E-state index is 13.7. The van der Waals surface area contributed by atoms with Gasteiger partial charge in [0, 0.05) is 35.2 Å². The normalized spacial score (nSPS) is 23.9. The summed E-state index contributed by atoms with van der Waals surface area (Å²) in [7, 11) is 0. The van der Waals surface area contributed by atoms with Crippen LogP contribution in [0.15, 0.2) is 71.9 Å². The SMILES string of the molecule is Cc1c(-c2ccc(N3CCc4cccc(C(=O)Cc5nc6ccccc6s5)c4C3)nc2C(=O)O)ccnc1SC12CC3CC(CC(C3)C1)C2. The average Bonchev–Trinajstić information content (AvgIpc) is 3.50. The van der Waals surface area contributed by atoms with Gasteiger partial charge in [0.05, 0.1) is 16.6 Å². The number of hydrogen-bond acceptors (Lipinski definition) is 8. The van der Waals surface area contributed by atoms with Crippen LogP contribution in [0.4, 0.5) is 5.82 Å². The van der Waals surface area contributed by atoms with E-state index < -0.39 is 5.97 Å². The van der Waals surface area contributed by atoms with E-state index in [-0.39, 0.29) is 22.6 Å². The number of benzene rings is 2. The lowest BCUT2D eigenvalue weighted by Gasteiger charge is -2.56. The van der Waals surface area contributed by atoms with Crippen LogP contribution >= 0.6 is 23.1 Å². The van der Waals surface area contributed by atoms with E-state index >= 15 is 0 Å². The van der Waals surface area contributed by atoms with Crippen LogP contribution in [0.25, 0.3) is 21.3 Å². The molecule has 5 aliphatic rings. The first-order chi connectivity index (χ1) is 23.8. The minimum absolute atomic E-state index is 0.0441. The molecule has 4 bridgehead atoms. The largest absolute Gasteiger partial charge is 0.476 e. The van der Waals surface area contributed by atoms with Crippen molar-refractivity contribution in [3.05, 3.63) is 99.8 Å². The third-order valence-electron chi connectivity index (χ3n) is 11.4. The van der Waals surface area contributed by atoms with E-state index in [0.717, 1.165) is 66.7 Å². The topological polar surface area (TPSA) is 96.3 Å². The molecule has 0 radical (unpaired) electrons. The van der Waals surface area contributed by atoms with E-state index in [1.807, 2.05) is 72.6 Å². The van der Waals surface area contributed by atoms with Gasteiger partial charge in [-0.2, -0.15) is 0 Å². The van der Waals surface area contributed by atoms with Crippen LogP contribution in [-0.2, 0) is 19.4 Å². The summed E-state index contributed by atoms with van der Waals surface area (Å²) >= 11 is 3.52. The number of aromatic nitrogens is 3. The van der Waals surface area contributed by atoms with Crippen LogP contribution in [0.3, 0.4) is 0 Å². The Labute approximate surface area is 294 Å². The van der Waals surface area contributed by atoms with E-state index in [9.17, 15) is 14.7 Å². The number of Topliss-reactive ketones (excluding diaryl/α,β-unsaturated/α-hetero) is 1. The summed E-state index contributed by atoms with van der Waals surface area (Å²) in [6.45, 7) is 3.26. The minimum atomic E-state index is -1.05. The lowest BCUT2D eigenvalue weighted by Crippen LogP contribution is -2.48. The molecule has 0 amide bonds. The maximum Gasteiger partial charge on any atom is 0.355 e. The van der Waals surface area contributed by atoms with Crippen molar-refractivity contribution < 1.29 is 14.7 Å². The molecular formula is C40H38N4O3S2. The van der Waals surface area contributed by atoms with Gasteiger partial charge in [-0.15, -0.1) is 11.3 Å². The van der Waals surface area contributed by atoms with Crippen LogP contribution in [0.1, 0.15) is 81.1 Å². The van der Waals surface area contributed by atoms with Gasteiger partial charge in [-0.1, -0.05) is 42.1 Å². The zero-order valence-electron chi connectivity index (χ0n) is 27.5. The van der Waals surface area contributed by atoms with Crippen molar-refractivity contribution in [3.63, 3.8) is 0 Å². The van der Waals surface area contributed by atoms with Gasteiger partial charge in [-0.25, -0.2) is 19.7 Å². The average molecular weight is 687 g/mol. The number of nitrogens with zero attached hydrogens (tertiary/aromatic N) is 4. The Balaban J connectivity index is 0.984. The highest BCUT2D eigenvalue weighted by atomic mass is 32.2. The van der Waals surface area contributed by atoms with Gasteiger partial charge < -0.3 is 10.0 Å². The molecule has 10 rings (SSSR count). The fraction of sp³-hybridized carbons (Fsp3) is 0.375. The molecule has 248 valence electrons. The lowest BCUT2D eigenvalue weighted by atomic mass is 9.56. The molecule has 4 saturated carbocycles. The summed E-state index contributed by atoms with van der Waals surface area (Å²) in [4.78, 5) is 42.8. The summed E-state index contributed by atoms with van der Waals surface area (Å²) < 4.78 is 1.34. The second-order valence-corrected chi connectivity index (χ2v) is 17.2. The van der Waals surface area contributed by atoms with Gasteiger partial charge in [0.1, 0.15) is 15.9 Å². The quantitative estimate of drug-likeness (QED) is 0.162. The number of thioether (sulfide) groups is 1. The zero-order valence-corrected chi connectivity index (χ0v) is 29.2. The van der Waals surface area contributed by atoms with E-state index in [1.54, 1.807) is 11.3 Å². The molecular weight excluding hydrogens is 649 g/mol. The monoisotopic (exact) mass is 686 g/mol. The molecule has 9 heteroatoms. The number of thiazole rings is 1. The van der Waals surface area contributed by atoms with Gasteiger partial charge in [-0.3, -0.25) is 4.79 Å². The number of carboxylic acid groups (broad SMARTS) is 1. The Hall–Kier alpha value is -4.08. The van der Waals surface area contributed by atoms with Gasteiger partial charge in [0.15, 0.2) is 11.5 Å². The molecule has 7 nitrogen and oxygen atoms in total. The van der Waals surface area contributed by atoms with Crippen LogP contribution in [0, 0.1) is 24.7 Å². The number of pyridine rings is 2. The van der Waals surface area contributed by atoms with Gasteiger partial charge in [0.25, 0.3) is 0 Å². The predicted octanol–water partition coefficient (Wildman–Crippen LogP) is 8.81. The van der Waals surface area contributed by atoms with Gasteiger partial charge >= 0.3 is 5.97 Å². The summed E-state index contributed by atoms with van der Waals surface area (Å²) in [6, 6.07) is 19.7. The first-order valence-electron chi connectivity index (χ1n) is 17.4. The number of carbonyl (C=O) groups excluding carboxylic acids is 1. The number of carbonyl (C=O) groups is 2. The fourth-order valence-corrected chi connectivity index (χ4v) is 12.3. The van der Waals surface area contributed by atoms with Crippen molar-refractivity contribution in [3.8, 4) is 11.1 Å². The number of para-hydroxylation sites is 1. The molecule has 1 aliphatic heterocycles. The van der Waals surface area contributed by atoms with Crippen molar-refractivity contribution in [2.45, 2.75) is 74.6 Å². The Morgan fingerprint density at radius 2 is 1.71 bits per heavy atom. The number of ketones is 1. The van der Waals surface area contributed by atoms with Crippen molar-refractivity contribution in [1.29, 1.82) is 0 Å². The van der Waals surface area contributed by atoms with Crippen LogP contribution in [0.5, 0.6) is 0 Å². The number of fused-ring (bicyclic) bond motifs is 2. The molecule has 0 spiro atoms. The van der Waals surface area contributed by atoms with Crippen LogP contribution < -0.4 is 4.90 Å². The van der Waals surface area contributed by atoms with Crippen LogP contribution in [0.2, 0.25) is 0 Å². The first-order valence-corrected chi connectivity index (χ1v) is 19.1. The molecule has 0 unspecified atom stereocenters. The summed E-state index contributed by atoms with van der Waals surface area (Å²) in [5.41, 5.74) is 6.33. The minimum Gasteiger partial charge on any atom is -0.476 e. The molecule has 4 aliphatic carbocycles. The highest BCUT2D eigenvalue weighted by molar-refractivity contribution is 8.00. The van der Waals surface area contributed by atoms with Crippen LogP contribution in [-0.4, -0.2) is 43.1 Å². The second kappa shape index (κ2) is 12.1. The molecule has 4 fully saturated rings. The lowest BCUT2D eigenvalue weighted by molar-refractivity contribution is 0.0383. The van der Waals surface area contributed by atoms with Gasteiger partial charge in [-0.05, 0) is 122 Å². The molecule has 0 saturated heterocycles. The molecule has 2 aromatic carbocycles. The number of anilines is 1. The highest BCUT2D eigenvalue weighted by Crippen LogP contribution is 2.62. The Morgan fingerprint density at radius 1 is 0.939 bits per heavy atom. The molecule has 1 N–H and O–H groups in total. The fourth-order valence-electron chi connectivity index (χ4n) is 9.54. The van der Waals surface area contributed by atoms with E-state index in [4.69, 9.17) is 9.97 Å². The number of hydrogen-bond donors (Lipinski definition) is 1. The van der Waals surface area contributed by atoms with Crippen molar-refractivity contribution >= 4 is 50.9 Å². The summed E-state index contributed by atoms with van der Waals surface area (Å²) in [5.74, 6) is 2.16. The number of carboxylic acids is 1. The predicted molar refractivity (Wildman–Crippen MR) is 195 cm³/mol. The Bertz CT molecular complexity index is 2070. The Morgan fingerprint density at radius 3 is 2.47 bits per heavy atom. The van der Waals surface area contributed by atoms with Crippen molar-refractivity contribution in [1.82, 2.24) is 15.0 Å². The molecule has 0 atom stereocenters. The standard InChI is InChI=1S/C40H38N4O3S2/c1-23-28(11-13-41-38(23)49-40-19-24-15-25(20-40)17-26(16-24)21-40)30-9-10-35(43-37(30)39(46)47)44-14-12-27-5-4-6-29(31(27)22-44)33(45)18-36-42-32-7-2-3-8-34(32)48-36/h2-11,13,24-26H,12,14-22H2,1H3,(H,46,47). The molecule has 4 heterocycles. The second-order valence-electron chi connectivity index (χ2n) is 14.7. The first kappa shape index (κ1) is 30.9. The van der Waals surface area contributed by atoms with Crippen molar-refractivity contribution in [2.24, 2.45) is 17.8 Å². The maximum atomic E-state index is 13.7. The highest BCUT2D eigenvalue weighted by Gasteiger charge is 2.51. The molecule has 49 heavy (non-hydrogen) atoms. The summed E-state index contributed by atoms with van der Waals surface area (Å²) in [6.07, 6.45) is 10.9. The van der Waals surface area contributed by atoms with Gasteiger partial charge in [0.2, 0.25) is 0 Å². The Kier molecular flexibility index (Phi) is 7.61. The molecule has 5 aromatic rings. The smallest absolute Gasteiger partial charge is 0.355 e. The third-order valence-corrected chi connectivity index (χ3v) is 13.9. The van der Waals surface area contributed by atoms with E-state index in [0.29, 0.717) is 30.0 Å². The van der Waals surface area contributed by atoms with E-state index in [1.165, 1.54) is 38.5 Å².